The third-order valence-corrected chi connectivity index (χ3v) is 3.42. The number of halogens is 3. The van der Waals surface area contributed by atoms with Gasteiger partial charge in [0.1, 0.15) is 0 Å². The second kappa shape index (κ2) is 7.15. The van der Waals surface area contributed by atoms with E-state index >= 15 is 0 Å². The van der Waals surface area contributed by atoms with Crippen LogP contribution in [0.5, 0.6) is 0 Å². The molecule has 0 atom stereocenters. The fraction of sp³-hybridized carbons (Fsp3) is 0.364. The molecular weight excluding hydrogens is 313 g/mol. The topological polar surface area (TPSA) is 29.1 Å². The predicted molar refractivity (Wildman–Crippen MR) is 71.8 cm³/mol. The molecule has 88 valence electrons. The first kappa shape index (κ1) is 13.8. The first-order valence-corrected chi connectivity index (χ1v) is 6.82. The number of unbranched alkanes of at least 4 members (excludes halogenated alkanes) is 1. The quantitative estimate of drug-likeness (QED) is 0.646. The van der Waals surface area contributed by atoms with Crippen LogP contribution in [0.2, 0.25) is 10.0 Å². The molecule has 0 unspecified atom stereocenters. The van der Waals surface area contributed by atoms with Crippen molar-refractivity contribution in [3.8, 4) is 0 Å². The van der Waals surface area contributed by atoms with Crippen molar-refractivity contribution in [1.82, 2.24) is 5.32 Å². The number of nitrogens with one attached hydrogen (secondary N) is 1. The lowest BCUT2D eigenvalue weighted by Gasteiger charge is -2.06. The SMILES string of the molecule is O=C(NCCCCBr)c1cccc(Cl)c1Cl. The molecule has 0 saturated heterocycles. The smallest absolute Gasteiger partial charge is 0.252 e. The Morgan fingerprint density at radius 1 is 1.31 bits per heavy atom. The zero-order valence-electron chi connectivity index (χ0n) is 8.60. The summed E-state index contributed by atoms with van der Waals surface area (Å²) >= 11 is 15.1. The van der Waals surface area contributed by atoms with E-state index in [0.29, 0.717) is 22.2 Å². The van der Waals surface area contributed by atoms with Gasteiger partial charge in [-0.05, 0) is 25.0 Å². The van der Waals surface area contributed by atoms with Crippen LogP contribution in [-0.4, -0.2) is 17.8 Å². The Morgan fingerprint density at radius 3 is 2.75 bits per heavy atom. The van der Waals surface area contributed by atoms with E-state index in [1.165, 1.54) is 0 Å². The molecule has 0 saturated carbocycles. The van der Waals surface area contributed by atoms with Crippen LogP contribution in [0.15, 0.2) is 18.2 Å². The molecule has 0 aliphatic heterocycles. The molecule has 0 bridgehead atoms. The van der Waals surface area contributed by atoms with Crippen LogP contribution in [0.1, 0.15) is 23.2 Å². The molecule has 0 aromatic heterocycles. The first-order chi connectivity index (χ1) is 7.66. The van der Waals surface area contributed by atoms with Gasteiger partial charge >= 0.3 is 0 Å². The maximum Gasteiger partial charge on any atom is 0.252 e. The predicted octanol–water partition coefficient (Wildman–Crippen LogP) is 3.90. The lowest BCUT2D eigenvalue weighted by Crippen LogP contribution is -2.24. The largest absolute Gasteiger partial charge is 0.352 e. The van der Waals surface area contributed by atoms with Gasteiger partial charge in [0.05, 0.1) is 15.6 Å². The van der Waals surface area contributed by atoms with Crippen molar-refractivity contribution in [2.45, 2.75) is 12.8 Å². The molecular formula is C11H12BrCl2NO. The molecule has 1 aromatic rings. The molecule has 1 aromatic carbocycles. The van der Waals surface area contributed by atoms with E-state index in [1.54, 1.807) is 18.2 Å². The number of rotatable bonds is 5. The summed E-state index contributed by atoms with van der Waals surface area (Å²) in [5.41, 5.74) is 0.424. The van der Waals surface area contributed by atoms with Gasteiger partial charge in [0.25, 0.3) is 5.91 Å². The lowest BCUT2D eigenvalue weighted by molar-refractivity contribution is 0.0953. The van der Waals surface area contributed by atoms with Gasteiger partial charge in [0.15, 0.2) is 0 Å². The first-order valence-electron chi connectivity index (χ1n) is 4.95. The summed E-state index contributed by atoms with van der Waals surface area (Å²) < 4.78 is 0. The van der Waals surface area contributed by atoms with Gasteiger partial charge < -0.3 is 5.32 Å². The number of alkyl halides is 1. The lowest BCUT2D eigenvalue weighted by atomic mass is 10.2. The van der Waals surface area contributed by atoms with Crippen LogP contribution in [0.3, 0.4) is 0 Å². The summed E-state index contributed by atoms with van der Waals surface area (Å²) in [6.07, 6.45) is 1.97. The molecule has 0 fully saturated rings. The fourth-order valence-electron chi connectivity index (χ4n) is 1.20. The third kappa shape index (κ3) is 3.96. The molecule has 0 spiro atoms. The summed E-state index contributed by atoms with van der Waals surface area (Å²) in [4.78, 5) is 11.7. The van der Waals surface area contributed by atoms with Gasteiger partial charge in [0, 0.05) is 11.9 Å². The highest BCUT2D eigenvalue weighted by atomic mass is 79.9. The van der Waals surface area contributed by atoms with E-state index in [-0.39, 0.29) is 5.91 Å². The Bertz CT molecular complexity index is 371. The molecule has 0 aliphatic rings. The van der Waals surface area contributed by atoms with E-state index in [0.717, 1.165) is 18.2 Å². The van der Waals surface area contributed by atoms with Gasteiger partial charge in [-0.1, -0.05) is 45.2 Å². The van der Waals surface area contributed by atoms with Crippen molar-refractivity contribution >= 4 is 45.0 Å². The Hall–Kier alpha value is -0.250. The van der Waals surface area contributed by atoms with Gasteiger partial charge in [-0.2, -0.15) is 0 Å². The molecule has 1 amide bonds. The van der Waals surface area contributed by atoms with E-state index in [2.05, 4.69) is 21.2 Å². The molecule has 2 nitrogen and oxygen atoms in total. The summed E-state index contributed by atoms with van der Waals surface area (Å²) in [7, 11) is 0. The Labute approximate surface area is 113 Å². The van der Waals surface area contributed by atoms with E-state index in [4.69, 9.17) is 23.2 Å². The van der Waals surface area contributed by atoms with Crippen LogP contribution in [0.25, 0.3) is 0 Å². The van der Waals surface area contributed by atoms with Crippen molar-refractivity contribution in [3.05, 3.63) is 33.8 Å². The number of carbonyl (C=O) groups is 1. The third-order valence-electron chi connectivity index (χ3n) is 2.04. The molecule has 0 radical (unpaired) electrons. The molecule has 5 heteroatoms. The molecule has 1 rings (SSSR count). The summed E-state index contributed by atoms with van der Waals surface area (Å²) in [5.74, 6) is -0.179. The number of carbonyl (C=O) groups excluding carboxylic acids is 1. The Balaban J connectivity index is 2.56. The molecule has 1 N–H and O–H groups in total. The maximum absolute atomic E-state index is 11.7. The van der Waals surface area contributed by atoms with Gasteiger partial charge in [-0.15, -0.1) is 0 Å². The summed E-state index contributed by atoms with van der Waals surface area (Å²) in [6, 6.07) is 5.03. The number of hydrogen-bond donors (Lipinski definition) is 1. The highest BCUT2D eigenvalue weighted by molar-refractivity contribution is 9.09. The molecule has 16 heavy (non-hydrogen) atoms. The van der Waals surface area contributed by atoms with Crippen molar-refractivity contribution < 1.29 is 4.79 Å². The highest BCUT2D eigenvalue weighted by Crippen LogP contribution is 2.25. The fourth-order valence-corrected chi connectivity index (χ4v) is 1.98. The normalized spacial score (nSPS) is 10.2. The van der Waals surface area contributed by atoms with Gasteiger partial charge in [-0.3, -0.25) is 4.79 Å². The van der Waals surface area contributed by atoms with Crippen LogP contribution in [0, 0.1) is 0 Å². The van der Waals surface area contributed by atoms with E-state index in [1.807, 2.05) is 0 Å². The second-order valence-corrected chi connectivity index (χ2v) is 4.83. The van der Waals surface area contributed by atoms with E-state index in [9.17, 15) is 4.79 Å². The zero-order chi connectivity index (χ0) is 12.0. The summed E-state index contributed by atoms with van der Waals surface area (Å²) in [5, 5.41) is 4.45. The van der Waals surface area contributed by atoms with Crippen molar-refractivity contribution in [2.75, 3.05) is 11.9 Å². The zero-order valence-corrected chi connectivity index (χ0v) is 11.7. The average molecular weight is 325 g/mol. The van der Waals surface area contributed by atoms with Gasteiger partial charge in [0.2, 0.25) is 0 Å². The Morgan fingerprint density at radius 2 is 2.06 bits per heavy atom. The van der Waals surface area contributed by atoms with Crippen molar-refractivity contribution in [3.63, 3.8) is 0 Å². The number of amides is 1. The monoisotopic (exact) mass is 323 g/mol. The summed E-state index contributed by atoms with van der Waals surface area (Å²) in [6.45, 7) is 0.646. The van der Waals surface area contributed by atoms with Gasteiger partial charge in [-0.25, -0.2) is 0 Å². The standard InChI is InChI=1S/C11H12BrCl2NO/c12-6-1-2-7-15-11(16)8-4-3-5-9(13)10(8)14/h3-5H,1-2,6-7H2,(H,15,16). The van der Waals surface area contributed by atoms with Crippen molar-refractivity contribution in [2.24, 2.45) is 0 Å². The Kier molecular flexibility index (Phi) is 6.17. The van der Waals surface area contributed by atoms with Crippen LogP contribution in [-0.2, 0) is 0 Å². The molecule has 0 aliphatic carbocycles. The van der Waals surface area contributed by atoms with Crippen LogP contribution >= 0.6 is 39.1 Å². The maximum atomic E-state index is 11.7. The van der Waals surface area contributed by atoms with E-state index < -0.39 is 0 Å². The average Bonchev–Trinajstić information content (AvgIpc) is 2.28. The second-order valence-electron chi connectivity index (χ2n) is 3.25. The van der Waals surface area contributed by atoms with Crippen LogP contribution < -0.4 is 5.32 Å². The van der Waals surface area contributed by atoms with Crippen LogP contribution in [0.4, 0.5) is 0 Å². The number of hydrogen-bond acceptors (Lipinski definition) is 1. The minimum Gasteiger partial charge on any atom is -0.352 e. The van der Waals surface area contributed by atoms with Crippen molar-refractivity contribution in [1.29, 1.82) is 0 Å². The minimum atomic E-state index is -0.179. The highest BCUT2D eigenvalue weighted by Gasteiger charge is 2.11. The number of benzene rings is 1. The molecule has 0 heterocycles. The minimum absolute atomic E-state index is 0.179.